The molecule has 0 aliphatic heterocycles. The van der Waals surface area contributed by atoms with Crippen LogP contribution in [-0.2, 0) is 16.6 Å². The van der Waals surface area contributed by atoms with Gasteiger partial charge in [-0.2, -0.15) is 0 Å². The lowest BCUT2D eigenvalue weighted by atomic mass is 10.2. The van der Waals surface area contributed by atoms with E-state index in [2.05, 4.69) is 10.0 Å². The molecule has 4 rings (SSSR count). The Bertz CT molecular complexity index is 1340. The Balaban J connectivity index is 1.52. The van der Waals surface area contributed by atoms with Crippen molar-refractivity contribution in [1.29, 1.82) is 0 Å². The molecule has 0 saturated carbocycles. The second-order valence-electron chi connectivity index (χ2n) is 6.69. The number of nitrogens with one attached hydrogen (secondary N) is 2. The minimum atomic E-state index is -4.01. The lowest BCUT2D eigenvalue weighted by Crippen LogP contribution is -2.23. The van der Waals surface area contributed by atoms with E-state index in [4.69, 9.17) is 16.0 Å². The van der Waals surface area contributed by atoms with Gasteiger partial charge in [-0.1, -0.05) is 29.8 Å². The first-order valence-electron chi connectivity index (χ1n) is 9.15. The van der Waals surface area contributed by atoms with Crippen LogP contribution in [0.2, 0.25) is 5.02 Å². The fourth-order valence-corrected chi connectivity index (χ4v) is 4.25. The van der Waals surface area contributed by atoms with Crippen LogP contribution < -0.4 is 10.0 Å². The van der Waals surface area contributed by atoms with Crippen molar-refractivity contribution >= 4 is 44.2 Å². The van der Waals surface area contributed by atoms with E-state index in [1.54, 1.807) is 0 Å². The van der Waals surface area contributed by atoms with Gasteiger partial charge in [0, 0.05) is 11.1 Å². The lowest BCUT2D eigenvalue weighted by molar-refractivity contribution is 0.0948. The van der Waals surface area contributed by atoms with Crippen molar-refractivity contribution in [2.75, 3.05) is 4.72 Å². The van der Waals surface area contributed by atoms with Crippen molar-refractivity contribution in [3.63, 3.8) is 0 Å². The van der Waals surface area contributed by atoms with Gasteiger partial charge in [0.2, 0.25) is 0 Å². The van der Waals surface area contributed by atoms with Gasteiger partial charge in [0.15, 0.2) is 0 Å². The zero-order valence-corrected chi connectivity index (χ0v) is 17.5. The second kappa shape index (κ2) is 8.41. The average Bonchev–Trinajstić information content (AvgIpc) is 3.17. The summed E-state index contributed by atoms with van der Waals surface area (Å²) < 4.78 is 46.3. The summed E-state index contributed by atoms with van der Waals surface area (Å²) in [6, 6.07) is 17.9. The summed E-state index contributed by atoms with van der Waals surface area (Å²) in [5.41, 5.74) is 0.886. The van der Waals surface area contributed by atoms with E-state index in [9.17, 15) is 17.6 Å². The molecular formula is C22H16ClFN2O4S. The first kappa shape index (κ1) is 20.9. The predicted molar refractivity (Wildman–Crippen MR) is 116 cm³/mol. The van der Waals surface area contributed by atoms with Crippen molar-refractivity contribution in [2.45, 2.75) is 11.4 Å². The predicted octanol–water partition coefficient (Wildman–Crippen LogP) is 4.96. The summed E-state index contributed by atoms with van der Waals surface area (Å²) in [5.74, 6) is -0.491. The molecular weight excluding hydrogens is 443 g/mol. The third-order valence-electron chi connectivity index (χ3n) is 4.49. The van der Waals surface area contributed by atoms with Crippen LogP contribution in [0.4, 0.5) is 10.1 Å². The van der Waals surface area contributed by atoms with Gasteiger partial charge in [-0.3, -0.25) is 9.52 Å². The maximum absolute atomic E-state index is 13.0. The molecule has 1 aromatic heterocycles. The highest BCUT2D eigenvalue weighted by Gasteiger charge is 2.19. The minimum absolute atomic E-state index is 0.000223. The standard InChI is InChI=1S/C22H16ClFN2O4S/c23-20-10-9-18(31(28,29)26-16-7-5-15(24)6-8-16)12-19(20)22(27)25-13-17-11-14-3-1-2-4-21(14)30-17/h1-12,26H,13H2,(H,25,27). The normalized spacial score (nSPS) is 11.4. The smallest absolute Gasteiger partial charge is 0.261 e. The number of sulfonamides is 1. The molecule has 0 unspecified atom stereocenters. The van der Waals surface area contributed by atoms with Crippen molar-refractivity contribution in [3.8, 4) is 0 Å². The quantitative estimate of drug-likeness (QED) is 0.427. The Morgan fingerprint density at radius 1 is 1.00 bits per heavy atom. The summed E-state index contributed by atoms with van der Waals surface area (Å²) in [5, 5.41) is 3.68. The summed E-state index contributed by atoms with van der Waals surface area (Å²) in [7, 11) is -4.01. The third kappa shape index (κ3) is 4.70. The van der Waals surface area contributed by atoms with Crippen molar-refractivity contribution in [1.82, 2.24) is 5.32 Å². The summed E-state index contributed by atoms with van der Waals surface area (Å²) in [4.78, 5) is 12.5. The molecule has 1 heterocycles. The first-order valence-corrected chi connectivity index (χ1v) is 11.0. The Labute approximate surface area is 182 Å². The molecule has 0 atom stereocenters. The van der Waals surface area contributed by atoms with E-state index in [1.807, 2.05) is 30.3 Å². The van der Waals surface area contributed by atoms with Gasteiger partial charge in [0.25, 0.3) is 15.9 Å². The zero-order valence-electron chi connectivity index (χ0n) is 15.9. The second-order valence-corrected chi connectivity index (χ2v) is 8.78. The van der Waals surface area contributed by atoms with Gasteiger partial charge in [-0.15, -0.1) is 0 Å². The molecule has 158 valence electrons. The number of hydrogen-bond acceptors (Lipinski definition) is 4. The van der Waals surface area contributed by atoms with Crippen LogP contribution in [0.3, 0.4) is 0 Å². The first-order chi connectivity index (χ1) is 14.8. The van der Waals surface area contributed by atoms with Gasteiger partial charge >= 0.3 is 0 Å². The molecule has 1 amide bonds. The van der Waals surface area contributed by atoms with Crippen LogP contribution in [0, 0.1) is 5.82 Å². The zero-order chi connectivity index (χ0) is 22.0. The van der Waals surface area contributed by atoms with E-state index in [0.717, 1.165) is 17.5 Å². The highest BCUT2D eigenvalue weighted by Crippen LogP contribution is 2.23. The maximum Gasteiger partial charge on any atom is 0.261 e. The Kier molecular flexibility index (Phi) is 5.67. The van der Waals surface area contributed by atoms with Gasteiger partial charge in [0.1, 0.15) is 17.2 Å². The molecule has 2 N–H and O–H groups in total. The Morgan fingerprint density at radius 3 is 2.48 bits per heavy atom. The fraction of sp³-hybridized carbons (Fsp3) is 0.0455. The number of benzene rings is 3. The monoisotopic (exact) mass is 458 g/mol. The van der Waals surface area contributed by atoms with Crippen molar-refractivity contribution < 1.29 is 22.0 Å². The molecule has 4 aromatic rings. The van der Waals surface area contributed by atoms with E-state index >= 15 is 0 Å². The summed E-state index contributed by atoms with van der Waals surface area (Å²) in [6.45, 7) is 0.106. The number of amides is 1. The lowest BCUT2D eigenvalue weighted by Gasteiger charge is -2.11. The maximum atomic E-state index is 13.0. The fourth-order valence-electron chi connectivity index (χ4n) is 2.96. The molecule has 0 aliphatic carbocycles. The Morgan fingerprint density at radius 2 is 1.74 bits per heavy atom. The molecule has 31 heavy (non-hydrogen) atoms. The van der Waals surface area contributed by atoms with E-state index in [0.29, 0.717) is 11.3 Å². The minimum Gasteiger partial charge on any atom is -0.459 e. The highest BCUT2D eigenvalue weighted by molar-refractivity contribution is 7.92. The molecule has 0 saturated heterocycles. The van der Waals surface area contributed by atoms with Crippen LogP contribution in [-0.4, -0.2) is 14.3 Å². The molecule has 9 heteroatoms. The SMILES string of the molecule is O=C(NCc1cc2ccccc2o1)c1cc(S(=O)(=O)Nc2ccc(F)cc2)ccc1Cl. The summed E-state index contributed by atoms with van der Waals surface area (Å²) >= 11 is 6.12. The largest absolute Gasteiger partial charge is 0.459 e. The van der Waals surface area contributed by atoms with Gasteiger partial charge < -0.3 is 9.73 Å². The molecule has 6 nitrogen and oxygen atoms in total. The van der Waals surface area contributed by atoms with Crippen LogP contribution in [0.5, 0.6) is 0 Å². The Hall–Kier alpha value is -3.36. The number of rotatable bonds is 6. The number of hydrogen-bond donors (Lipinski definition) is 2. The van der Waals surface area contributed by atoms with Gasteiger partial charge in [0.05, 0.1) is 22.0 Å². The number of para-hydroxylation sites is 1. The molecule has 0 fully saturated rings. The van der Waals surface area contributed by atoms with E-state index in [-0.39, 0.29) is 27.7 Å². The number of halogens is 2. The van der Waals surface area contributed by atoms with Crippen LogP contribution in [0.15, 0.2) is 82.1 Å². The van der Waals surface area contributed by atoms with Gasteiger partial charge in [-0.05, 0) is 54.6 Å². The number of carbonyl (C=O) groups excluding carboxylic acids is 1. The topological polar surface area (TPSA) is 88.4 Å². The molecule has 0 spiro atoms. The van der Waals surface area contributed by atoms with E-state index < -0.39 is 21.7 Å². The number of carbonyl (C=O) groups is 1. The van der Waals surface area contributed by atoms with Crippen molar-refractivity contribution in [2.24, 2.45) is 0 Å². The molecule has 0 bridgehead atoms. The number of anilines is 1. The van der Waals surface area contributed by atoms with Crippen molar-refractivity contribution in [3.05, 3.63) is 95.0 Å². The summed E-state index contributed by atoms with van der Waals surface area (Å²) in [6.07, 6.45) is 0. The van der Waals surface area contributed by atoms with Crippen LogP contribution in [0.1, 0.15) is 16.1 Å². The third-order valence-corrected chi connectivity index (χ3v) is 6.20. The van der Waals surface area contributed by atoms with Gasteiger partial charge in [-0.25, -0.2) is 12.8 Å². The molecule has 0 radical (unpaired) electrons. The molecule has 0 aliphatic rings. The van der Waals surface area contributed by atoms with Crippen LogP contribution >= 0.6 is 11.6 Å². The molecule has 3 aromatic carbocycles. The van der Waals surface area contributed by atoms with E-state index in [1.165, 1.54) is 30.3 Å². The average molecular weight is 459 g/mol. The number of fused-ring (bicyclic) bond motifs is 1. The highest BCUT2D eigenvalue weighted by atomic mass is 35.5. The van der Waals surface area contributed by atoms with Crippen LogP contribution in [0.25, 0.3) is 11.0 Å². The number of furan rings is 1.